The number of carbonyl (C=O) groups excluding carboxylic acids is 2. The van der Waals surface area contributed by atoms with Crippen molar-refractivity contribution in [1.29, 1.82) is 0 Å². The fraction of sp³-hybridized carbons (Fsp3) is 0.619. The number of nitrogens with one attached hydrogen (secondary N) is 2. The van der Waals surface area contributed by atoms with Crippen molar-refractivity contribution in [2.45, 2.75) is 26.2 Å². The first-order chi connectivity index (χ1) is 13.7. The number of nitrogens with zero attached hydrogens (tertiary/aromatic N) is 2. The Morgan fingerprint density at radius 3 is 2.71 bits per heavy atom. The van der Waals surface area contributed by atoms with Gasteiger partial charge in [0.2, 0.25) is 5.91 Å². The van der Waals surface area contributed by atoms with E-state index in [9.17, 15) is 9.59 Å². The molecule has 7 heteroatoms. The number of carbonyl (C=O) groups is 2. The molecular weight excluding hydrogens is 356 g/mol. The highest BCUT2D eigenvalue weighted by Crippen LogP contribution is 2.27. The lowest BCUT2D eigenvalue weighted by molar-refractivity contribution is -0.892. The minimum atomic E-state index is 0.103. The van der Waals surface area contributed by atoms with Gasteiger partial charge in [-0.3, -0.25) is 9.59 Å². The number of rotatable bonds is 9. The van der Waals surface area contributed by atoms with Crippen molar-refractivity contribution in [3.63, 3.8) is 0 Å². The minimum Gasteiger partial charge on any atom is -0.492 e. The minimum absolute atomic E-state index is 0.103. The Kier molecular flexibility index (Phi) is 7.54. The maximum atomic E-state index is 12.2. The van der Waals surface area contributed by atoms with E-state index in [1.54, 1.807) is 0 Å². The van der Waals surface area contributed by atoms with Gasteiger partial charge in [0.1, 0.15) is 5.75 Å². The lowest BCUT2D eigenvalue weighted by Crippen LogP contribution is -3.16. The van der Waals surface area contributed by atoms with E-state index in [-0.39, 0.29) is 11.8 Å². The van der Waals surface area contributed by atoms with Gasteiger partial charge in [0.25, 0.3) is 5.91 Å². The summed E-state index contributed by atoms with van der Waals surface area (Å²) in [6.07, 6.45) is 2.47. The number of para-hydroxylation sites is 2. The van der Waals surface area contributed by atoms with E-state index in [4.69, 9.17) is 4.74 Å². The van der Waals surface area contributed by atoms with E-state index in [1.807, 2.05) is 30.0 Å². The van der Waals surface area contributed by atoms with Crippen LogP contribution in [0.5, 0.6) is 5.75 Å². The molecule has 0 aromatic heterocycles. The molecule has 2 saturated heterocycles. The van der Waals surface area contributed by atoms with Gasteiger partial charge in [0.15, 0.2) is 6.54 Å². The van der Waals surface area contributed by atoms with Crippen LogP contribution in [0.3, 0.4) is 0 Å². The summed E-state index contributed by atoms with van der Waals surface area (Å²) >= 11 is 0. The van der Waals surface area contributed by atoms with Gasteiger partial charge >= 0.3 is 0 Å². The van der Waals surface area contributed by atoms with E-state index in [0.717, 1.165) is 63.5 Å². The molecule has 0 aliphatic carbocycles. The Hall–Kier alpha value is -2.28. The number of benzene rings is 1. The zero-order chi connectivity index (χ0) is 19.8. The molecule has 0 bridgehead atoms. The van der Waals surface area contributed by atoms with Crippen molar-refractivity contribution in [3.05, 3.63) is 24.3 Å². The molecule has 0 spiro atoms. The smallest absolute Gasteiger partial charge is 0.275 e. The molecule has 28 heavy (non-hydrogen) atoms. The van der Waals surface area contributed by atoms with Crippen molar-refractivity contribution >= 4 is 17.5 Å². The fourth-order valence-corrected chi connectivity index (χ4v) is 3.96. The summed E-state index contributed by atoms with van der Waals surface area (Å²) in [4.78, 5) is 29.4. The van der Waals surface area contributed by atoms with Gasteiger partial charge in [0.05, 0.1) is 38.5 Å². The second-order valence-corrected chi connectivity index (χ2v) is 7.50. The predicted octanol–water partition coefficient (Wildman–Crippen LogP) is -0.0811. The van der Waals surface area contributed by atoms with Crippen molar-refractivity contribution in [3.8, 4) is 5.75 Å². The maximum Gasteiger partial charge on any atom is 0.275 e. The monoisotopic (exact) mass is 389 g/mol. The van der Waals surface area contributed by atoms with E-state index in [0.29, 0.717) is 26.1 Å². The Morgan fingerprint density at radius 1 is 1.21 bits per heavy atom. The quantitative estimate of drug-likeness (QED) is 0.580. The topological polar surface area (TPSA) is 66.3 Å². The molecule has 3 rings (SSSR count). The number of likely N-dealkylation sites (tertiary alicyclic amines) is 1. The Bertz CT molecular complexity index is 659. The standard InChI is InChI=1S/C21H32N4O3/c1-2-28-19-8-4-3-7-18(19)24-15-13-23(14-16-24)17-20(26)22-10-6-12-25-11-5-9-21(25)27/h3-4,7-8H,2,5-6,9-17H2,1H3,(H,22,26)/p+1. The number of hydrogen-bond donors (Lipinski definition) is 2. The van der Waals surface area contributed by atoms with Crippen LogP contribution in [0.25, 0.3) is 0 Å². The normalized spacial score (nSPS) is 17.8. The van der Waals surface area contributed by atoms with Crippen molar-refractivity contribution < 1.29 is 19.2 Å². The molecule has 2 aliphatic rings. The zero-order valence-corrected chi connectivity index (χ0v) is 16.9. The molecule has 2 aliphatic heterocycles. The van der Waals surface area contributed by atoms with E-state index >= 15 is 0 Å². The third-order valence-electron chi connectivity index (χ3n) is 5.49. The molecule has 154 valence electrons. The second kappa shape index (κ2) is 10.3. The third-order valence-corrected chi connectivity index (χ3v) is 5.49. The summed E-state index contributed by atoms with van der Waals surface area (Å²) in [5.41, 5.74) is 1.14. The predicted molar refractivity (Wildman–Crippen MR) is 109 cm³/mol. The molecule has 0 atom stereocenters. The van der Waals surface area contributed by atoms with Crippen LogP contribution in [0.15, 0.2) is 24.3 Å². The van der Waals surface area contributed by atoms with Gasteiger partial charge in [-0.1, -0.05) is 12.1 Å². The molecule has 1 aromatic carbocycles. The number of quaternary nitrogens is 1. The van der Waals surface area contributed by atoms with E-state index in [1.165, 1.54) is 4.90 Å². The van der Waals surface area contributed by atoms with E-state index < -0.39 is 0 Å². The van der Waals surface area contributed by atoms with Crippen LogP contribution in [0.1, 0.15) is 26.2 Å². The average Bonchev–Trinajstić information content (AvgIpc) is 3.11. The average molecular weight is 390 g/mol. The summed E-state index contributed by atoms with van der Waals surface area (Å²) in [7, 11) is 0. The third kappa shape index (κ3) is 5.61. The molecule has 2 heterocycles. The van der Waals surface area contributed by atoms with Crippen LogP contribution in [0.4, 0.5) is 5.69 Å². The Labute approximate surface area is 167 Å². The van der Waals surface area contributed by atoms with Crippen molar-refractivity contribution in [1.82, 2.24) is 10.2 Å². The van der Waals surface area contributed by atoms with Gasteiger partial charge in [0, 0.05) is 26.1 Å². The molecule has 0 radical (unpaired) electrons. The van der Waals surface area contributed by atoms with Crippen LogP contribution < -0.4 is 19.9 Å². The number of piperazine rings is 1. The number of anilines is 1. The second-order valence-electron chi connectivity index (χ2n) is 7.50. The summed E-state index contributed by atoms with van der Waals surface area (Å²) in [5, 5.41) is 3.01. The van der Waals surface area contributed by atoms with Crippen molar-refractivity contribution in [2.24, 2.45) is 0 Å². The molecule has 2 amide bonds. The number of ether oxygens (including phenoxy) is 1. The summed E-state index contributed by atoms with van der Waals surface area (Å²) in [6.45, 7) is 9.17. The van der Waals surface area contributed by atoms with Crippen LogP contribution in [0.2, 0.25) is 0 Å². The molecule has 1 aromatic rings. The highest BCUT2D eigenvalue weighted by atomic mass is 16.5. The van der Waals surface area contributed by atoms with Crippen LogP contribution in [-0.2, 0) is 9.59 Å². The summed E-state index contributed by atoms with van der Waals surface area (Å²) in [5.74, 6) is 1.29. The van der Waals surface area contributed by atoms with Crippen LogP contribution in [0, 0.1) is 0 Å². The first-order valence-corrected chi connectivity index (χ1v) is 10.5. The maximum absolute atomic E-state index is 12.2. The van der Waals surface area contributed by atoms with E-state index in [2.05, 4.69) is 16.3 Å². The van der Waals surface area contributed by atoms with Gasteiger partial charge in [-0.05, 0) is 31.9 Å². The number of amides is 2. The molecule has 7 nitrogen and oxygen atoms in total. The Morgan fingerprint density at radius 2 is 2.00 bits per heavy atom. The SMILES string of the molecule is CCOc1ccccc1N1CC[NH+](CC(=O)NCCCN2CCCC2=O)CC1. The van der Waals surface area contributed by atoms with Crippen LogP contribution in [-0.4, -0.2) is 75.7 Å². The van der Waals surface area contributed by atoms with Crippen LogP contribution >= 0.6 is 0 Å². The summed E-state index contributed by atoms with van der Waals surface area (Å²) in [6, 6.07) is 8.16. The molecule has 0 unspecified atom stereocenters. The Balaban J connectivity index is 1.35. The first-order valence-electron chi connectivity index (χ1n) is 10.5. The lowest BCUT2D eigenvalue weighted by Gasteiger charge is -2.34. The first kappa shape index (κ1) is 20.5. The zero-order valence-electron chi connectivity index (χ0n) is 16.9. The van der Waals surface area contributed by atoms with Gasteiger partial charge in [-0.25, -0.2) is 0 Å². The highest BCUT2D eigenvalue weighted by Gasteiger charge is 2.24. The largest absolute Gasteiger partial charge is 0.492 e. The highest BCUT2D eigenvalue weighted by molar-refractivity contribution is 5.78. The van der Waals surface area contributed by atoms with Gasteiger partial charge in [-0.15, -0.1) is 0 Å². The van der Waals surface area contributed by atoms with Gasteiger partial charge < -0.3 is 24.8 Å². The number of hydrogen-bond acceptors (Lipinski definition) is 4. The lowest BCUT2D eigenvalue weighted by atomic mass is 10.2. The molecule has 2 fully saturated rings. The molecule has 2 N–H and O–H groups in total. The molecular formula is C21H33N4O3+. The van der Waals surface area contributed by atoms with Crippen molar-refractivity contribution in [2.75, 3.05) is 63.9 Å². The fourth-order valence-electron chi connectivity index (χ4n) is 3.96. The van der Waals surface area contributed by atoms with Gasteiger partial charge in [-0.2, -0.15) is 0 Å². The summed E-state index contributed by atoms with van der Waals surface area (Å²) < 4.78 is 5.74. The molecule has 0 saturated carbocycles.